The van der Waals surface area contributed by atoms with Gasteiger partial charge in [-0.05, 0) is 42.4 Å². The maximum Gasteiger partial charge on any atom is 0.270 e. The number of aromatic nitrogens is 1. The van der Waals surface area contributed by atoms with Crippen LogP contribution in [0.3, 0.4) is 0 Å². The highest BCUT2D eigenvalue weighted by atomic mass is 32.2. The summed E-state index contributed by atoms with van der Waals surface area (Å²) in [5, 5.41) is 2.68. The first-order chi connectivity index (χ1) is 12.1. The second kappa shape index (κ2) is 8.04. The standard InChI is InChI=1S/C18H18N2O4S/c1-13-16(20-18(24-13)14-6-3-2-4-7-14)11-25(22)12-17(21)19-10-15-8-5-9-23-15/h2-9H,10-12H2,1H3,(H,19,21). The van der Waals surface area contributed by atoms with E-state index in [4.69, 9.17) is 8.83 Å². The monoisotopic (exact) mass is 358 g/mol. The topological polar surface area (TPSA) is 91.3 Å². The lowest BCUT2D eigenvalue weighted by atomic mass is 10.2. The van der Waals surface area contributed by atoms with Crippen molar-refractivity contribution in [3.8, 4) is 11.5 Å². The van der Waals surface area contributed by atoms with E-state index in [9.17, 15) is 9.35 Å². The molecule has 0 radical (unpaired) electrons. The van der Waals surface area contributed by atoms with Gasteiger partial charge in [-0.25, -0.2) is 4.98 Å². The SMILES string of the molecule is Cc1oc(-c2ccccc2)nc1C[S+]([O-])CC(=O)NCc1ccco1. The van der Waals surface area contributed by atoms with E-state index in [1.807, 2.05) is 30.3 Å². The number of aryl methyl sites for hydroxylation is 1. The highest BCUT2D eigenvalue weighted by molar-refractivity contribution is 7.91. The first kappa shape index (κ1) is 17.3. The zero-order chi connectivity index (χ0) is 17.6. The van der Waals surface area contributed by atoms with Gasteiger partial charge in [-0.2, -0.15) is 0 Å². The Bertz CT molecular complexity index is 815. The molecule has 1 unspecified atom stereocenters. The predicted octanol–water partition coefficient (Wildman–Crippen LogP) is 2.81. The molecule has 0 saturated carbocycles. The number of carbonyl (C=O) groups excluding carboxylic acids is 1. The molecule has 0 saturated heterocycles. The molecule has 130 valence electrons. The zero-order valence-electron chi connectivity index (χ0n) is 13.7. The van der Waals surface area contributed by atoms with Gasteiger partial charge in [0, 0.05) is 5.56 Å². The van der Waals surface area contributed by atoms with Gasteiger partial charge in [0.2, 0.25) is 5.89 Å². The van der Waals surface area contributed by atoms with Gasteiger partial charge in [0.25, 0.3) is 5.91 Å². The number of hydrogen-bond donors (Lipinski definition) is 1. The van der Waals surface area contributed by atoms with E-state index >= 15 is 0 Å². The van der Waals surface area contributed by atoms with Crippen LogP contribution < -0.4 is 5.32 Å². The molecule has 3 rings (SSSR count). The van der Waals surface area contributed by atoms with Crippen LogP contribution in [0.15, 0.2) is 57.6 Å². The van der Waals surface area contributed by atoms with Crippen LogP contribution in [0.2, 0.25) is 0 Å². The lowest BCUT2D eigenvalue weighted by molar-refractivity contribution is -0.118. The van der Waals surface area contributed by atoms with Crippen molar-refractivity contribution in [2.24, 2.45) is 0 Å². The fourth-order valence-electron chi connectivity index (χ4n) is 2.27. The van der Waals surface area contributed by atoms with Crippen molar-refractivity contribution in [3.05, 3.63) is 65.9 Å². The summed E-state index contributed by atoms with van der Waals surface area (Å²) in [6.45, 7) is 2.06. The van der Waals surface area contributed by atoms with Crippen LogP contribution >= 0.6 is 0 Å². The van der Waals surface area contributed by atoms with Crippen LogP contribution in [0.1, 0.15) is 17.2 Å². The first-order valence-electron chi connectivity index (χ1n) is 7.77. The van der Waals surface area contributed by atoms with Crippen LogP contribution in [-0.4, -0.2) is 21.2 Å². The summed E-state index contributed by atoms with van der Waals surface area (Å²) >= 11 is -1.37. The molecule has 0 fully saturated rings. The number of rotatable bonds is 7. The average Bonchev–Trinajstić information content (AvgIpc) is 3.24. The highest BCUT2D eigenvalue weighted by Crippen LogP contribution is 2.22. The Hall–Kier alpha value is -2.51. The lowest BCUT2D eigenvalue weighted by Gasteiger charge is -2.09. The Balaban J connectivity index is 1.55. The molecule has 1 atom stereocenters. The minimum absolute atomic E-state index is 0.0896. The Kier molecular flexibility index (Phi) is 5.57. The molecule has 2 aromatic heterocycles. The second-order valence-corrected chi connectivity index (χ2v) is 6.93. The van der Waals surface area contributed by atoms with E-state index < -0.39 is 11.2 Å². The zero-order valence-corrected chi connectivity index (χ0v) is 14.5. The van der Waals surface area contributed by atoms with Crippen LogP contribution in [0.25, 0.3) is 11.5 Å². The third-order valence-electron chi connectivity index (χ3n) is 3.54. The Labute approximate surface area is 148 Å². The number of oxazole rings is 1. The summed E-state index contributed by atoms with van der Waals surface area (Å²) in [4.78, 5) is 16.3. The molecule has 0 spiro atoms. The molecule has 25 heavy (non-hydrogen) atoms. The average molecular weight is 358 g/mol. The molecule has 2 heterocycles. The molecule has 7 heteroatoms. The number of nitrogens with zero attached hydrogens (tertiary/aromatic N) is 1. The maximum absolute atomic E-state index is 12.2. The summed E-state index contributed by atoms with van der Waals surface area (Å²) in [7, 11) is 0. The predicted molar refractivity (Wildman–Crippen MR) is 93.9 cm³/mol. The number of nitrogens with one attached hydrogen (secondary N) is 1. The molecule has 0 aliphatic heterocycles. The van der Waals surface area contributed by atoms with E-state index in [2.05, 4.69) is 10.3 Å². The molecule has 1 aromatic carbocycles. The van der Waals surface area contributed by atoms with E-state index in [1.54, 1.807) is 19.1 Å². The van der Waals surface area contributed by atoms with Crippen LogP contribution in [-0.2, 0) is 28.3 Å². The van der Waals surface area contributed by atoms with Crippen LogP contribution in [0, 0.1) is 6.92 Å². The van der Waals surface area contributed by atoms with E-state index in [0.717, 1.165) is 5.56 Å². The number of benzene rings is 1. The van der Waals surface area contributed by atoms with Gasteiger partial charge < -0.3 is 18.7 Å². The summed E-state index contributed by atoms with van der Waals surface area (Å²) < 4.78 is 23.0. The summed E-state index contributed by atoms with van der Waals surface area (Å²) in [5.74, 6) is 1.55. The highest BCUT2D eigenvalue weighted by Gasteiger charge is 2.19. The van der Waals surface area contributed by atoms with Crippen molar-refractivity contribution in [1.29, 1.82) is 0 Å². The fourth-order valence-corrected chi connectivity index (χ4v) is 3.34. The quantitative estimate of drug-likeness (QED) is 0.656. The third kappa shape index (κ3) is 4.74. The van der Waals surface area contributed by atoms with Crippen molar-refractivity contribution in [3.63, 3.8) is 0 Å². The molecule has 1 amide bonds. The number of furan rings is 1. The van der Waals surface area contributed by atoms with Gasteiger partial charge in [-0.3, -0.25) is 4.79 Å². The number of carbonyl (C=O) groups is 1. The summed E-state index contributed by atoms with van der Waals surface area (Å²) in [5.41, 5.74) is 1.47. The van der Waals surface area contributed by atoms with E-state index in [-0.39, 0.29) is 24.0 Å². The van der Waals surface area contributed by atoms with Gasteiger partial charge in [0.05, 0.1) is 12.8 Å². The molecular weight excluding hydrogens is 340 g/mol. The maximum atomic E-state index is 12.2. The van der Waals surface area contributed by atoms with Gasteiger partial charge in [0.15, 0.2) is 11.5 Å². The van der Waals surface area contributed by atoms with Crippen molar-refractivity contribution < 1.29 is 18.2 Å². The molecule has 1 N–H and O–H groups in total. The minimum atomic E-state index is -1.37. The lowest BCUT2D eigenvalue weighted by Crippen LogP contribution is -2.30. The normalized spacial score (nSPS) is 12.1. The van der Waals surface area contributed by atoms with Crippen molar-refractivity contribution in [2.75, 3.05) is 5.75 Å². The van der Waals surface area contributed by atoms with Gasteiger partial charge in [-0.15, -0.1) is 0 Å². The minimum Gasteiger partial charge on any atom is -0.616 e. The fraction of sp³-hybridized carbons (Fsp3) is 0.222. The second-order valence-electron chi connectivity index (χ2n) is 5.47. The molecule has 0 aliphatic rings. The number of hydrogen-bond acceptors (Lipinski definition) is 5. The molecule has 0 bridgehead atoms. The Morgan fingerprint density at radius 2 is 2.04 bits per heavy atom. The van der Waals surface area contributed by atoms with Crippen LogP contribution in [0.5, 0.6) is 0 Å². The molecule has 0 aliphatic carbocycles. The van der Waals surface area contributed by atoms with Crippen molar-refractivity contribution >= 4 is 17.1 Å². The Morgan fingerprint density at radius 3 is 2.76 bits per heavy atom. The van der Waals surface area contributed by atoms with Crippen molar-refractivity contribution in [1.82, 2.24) is 10.3 Å². The van der Waals surface area contributed by atoms with Gasteiger partial charge >= 0.3 is 0 Å². The summed E-state index contributed by atoms with van der Waals surface area (Å²) in [6.07, 6.45) is 1.54. The van der Waals surface area contributed by atoms with E-state index in [1.165, 1.54) is 6.26 Å². The number of amides is 1. The van der Waals surface area contributed by atoms with Crippen molar-refractivity contribution in [2.45, 2.75) is 19.2 Å². The molecular formula is C18H18N2O4S. The smallest absolute Gasteiger partial charge is 0.270 e. The summed E-state index contributed by atoms with van der Waals surface area (Å²) in [6, 6.07) is 13.0. The molecule has 3 aromatic rings. The Morgan fingerprint density at radius 1 is 1.24 bits per heavy atom. The van der Waals surface area contributed by atoms with E-state index in [0.29, 0.717) is 23.1 Å². The van der Waals surface area contributed by atoms with Gasteiger partial charge in [-0.1, -0.05) is 18.2 Å². The molecule has 6 nitrogen and oxygen atoms in total. The third-order valence-corrected chi connectivity index (χ3v) is 4.72. The van der Waals surface area contributed by atoms with Gasteiger partial charge in [0.1, 0.15) is 17.2 Å². The van der Waals surface area contributed by atoms with Crippen LogP contribution in [0.4, 0.5) is 0 Å². The largest absolute Gasteiger partial charge is 0.616 e. The first-order valence-corrected chi connectivity index (χ1v) is 9.26.